The summed E-state index contributed by atoms with van der Waals surface area (Å²) in [5.74, 6) is 1.66. The maximum absolute atomic E-state index is 13.4. The van der Waals surface area contributed by atoms with Crippen molar-refractivity contribution in [1.82, 2.24) is 19.7 Å². The Balaban J connectivity index is 1.30. The summed E-state index contributed by atoms with van der Waals surface area (Å²) >= 11 is 6.07. The second-order valence-electron chi connectivity index (χ2n) is 8.93. The van der Waals surface area contributed by atoms with Crippen molar-refractivity contribution >= 4 is 23.2 Å². The molecule has 8 heteroatoms. The molecule has 5 rings (SSSR count). The van der Waals surface area contributed by atoms with Gasteiger partial charge in [0.1, 0.15) is 12.1 Å². The Bertz CT molecular complexity index is 1340. The van der Waals surface area contributed by atoms with Gasteiger partial charge in [0.05, 0.1) is 11.1 Å². The summed E-state index contributed by atoms with van der Waals surface area (Å²) in [4.78, 5) is 21.9. The fraction of sp³-hybridized carbons (Fsp3) is 0.259. The molecule has 1 N–H and O–H groups in total. The first-order chi connectivity index (χ1) is 16.9. The molecule has 7 nitrogen and oxygen atoms in total. The lowest BCUT2D eigenvalue weighted by atomic mass is 9.78. The molecule has 1 amide bonds. The van der Waals surface area contributed by atoms with Crippen molar-refractivity contribution in [1.29, 1.82) is 0 Å². The molecule has 0 unspecified atom stereocenters. The van der Waals surface area contributed by atoms with Gasteiger partial charge in [-0.3, -0.25) is 4.79 Å². The van der Waals surface area contributed by atoms with Crippen molar-refractivity contribution < 1.29 is 9.53 Å². The molecule has 0 aliphatic heterocycles. The lowest BCUT2D eigenvalue weighted by molar-refractivity contribution is -0.121. The molecule has 2 aromatic carbocycles. The minimum Gasteiger partial charge on any atom is -0.439 e. The predicted octanol–water partition coefficient (Wildman–Crippen LogP) is 6.18. The molecular formula is C27H26ClN5O2. The van der Waals surface area contributed by atoms with Crippen LogP contribution in [0.1, 0.15) is 42.6 Å². The van der Waals surface area contributed by atoms with E-state index in [0.29, 0.717) is 28.2 Å². The van der Waals surface area contributed by atoms with E-state index in [0.717, 1.165) is 42.6 Å². The molecular weight excluding hydrogens is 462 g/mol. The van der Waals surface area contributed by atoms with Gasteiger partial charge in [0.2, 0.25) is 11.8 Å². The van der Waals surface area contributed by atoms with Gasteiger partial charge in [0, 0.05) is 22.5 Å². The number of nitrogens with zero attached hydrogens (tertiary/aromatic N) is 4. The van der Waals surface area contributed by atoms with Crippen LogP contribution < -0.4 is 10.1 Å². The van der Waals surface area contributed by atoms with E-state index in [9.17, 15) is 4.79 Å². The zero-order valence-electron chi connectivity index (χ0n) is 19.7. The maximum atomic E-state index is 13.4. The number of anilines is 1. The average Bonchev–Trinajstić information content (AvgIpc) is 3.48. The maximum Gasteiger partial charge on any atom is 0.235 e. The summed E-state index contributed by atoms with van der Waals surface area (Å²) in [5.41, 5.74) is 3.09. The van der Waals surface area contributed by atoms with Crippen molar-refractivity contribution in [2.24, 2.45) is 0 Å². The Morgan fingerprint density at radius 2 is 1.71 bits per heavy atom. The largest absolute Gasteiger partial charge is 0.439 e. The van der Waals surface area contributed by atoms with Crippen molar-refractivity contribution in [3.8, 4) is 17.4 Å². The first kappa shape index (κ1) is 23.1. The highest BCUT2D eigenvalue weighted by Crippen LogP contribution is 2.42. The molecule has 1 saturated carbocycles. The molecule has 0 spiro atoms. The van der Waals surface area contributed by atoms with Gasteiger partial charge < -0.3 is 10.1 Å². The molecule has 1 aliphatic rings. The van der Waals surface area contributed by atoms with Crippen molar-refractivity contribution in [3.63, 3.8) is 0 Å². The SMILES string of the molecule is Cc1cc(C)n(-c2cc(Oc3ccc(NC(=O)C4(c5ccc(Cl)cc5)CCCC4)cc3)ncn2)n1. The zero-order valence-corrected chi connectivity index (χ0v) is 20.4. The van der Waals surface area contributed by atoms with E-state index in [-0.39, 0.29) is 5.91 Å². The summed E-state index contributed by atoms with van der Waals surface area (Å²) in [7, 11) is 0. The van der Waals surface area contributed by atoms with Gasteiger partial charge in [-0.15, -0.1) is 0 Å². The molecule has 178 valence electrons. The monoisotopic (exact) mass is 487 g/mol. The number of hydrogen-bond donors (Lipinski definition) is 1. The number of ether oxygens (including phenoxy) is 1. The van der Waals surface area contributed by atoms with Gasteiger partial charge in [-0.1, -0.05) is 36.6 Å². The number of aryl methyl sites for hydroxylation is 2. The second-order valence-corrected chi connectivity index (χ2v) is 9.37. The summed E-state index contributed by atoms with van der Waals surface area (Å²) in [5, 5.41) is 8.23. The van der Waals surface area contributed by atoms with Crippen LogP contribution in [-0.4, -0.2) is 25.7 Å². The first-order valence-corrected chi connectivity index (χ1v) is 12.0. The number of aromatic nitrogens is 4. The van der Waals surface area contributed by atoms with Crippen LogP contribution in [0.25, 0.3) is 5.82 Å². The zero-order chi connectivity index (χ0) is 24.4. The molecule has 1 fully saturated rings. The van der Waals surface area contributed by atoms with Crippen molar-refractivity contribution in [2.45, 2.75) is 44.9 Å². The number of rotatable bonds is 6. The Labute approximate surface area is 209 Å². The van der Waals surface area contributed by atoms with Gasteiger partial charge in [-0.05, 0) is 74.7 Å². The third kappa shape index (κ3) is 4.77. The predicted molar refractivity (Wildman–Crippen MR) is 135 cm³/mol. The lowest BCUT2D eigenvalue weighted by Crippen LogP contribution is -2.37. The third-order valence-electron chi connectivity index (χ3n) is 6.48. The van der Waals surface area contributed by atoms with Crippen LogP contribution >= 0.6 is 11.6 Å². The number of nitrogens with one attached hydrogen (secondary N) is 1. The minimum atomic E-state index is -0.528. The van der Waals surface area contributed by atoms with Gasteiger partial charge >= 0.3 is 0 Å². The molecule has 0 atom stereocenters. The number of hydrogen-bond acceptors (Lipinski definition) is 5. The van der Waals surface area contributed by atoms with E-state index < -0.39 is 5.41 Å². The van der Waals surface area contributed by atoms with Gasteiger partial charge in [0.25, 0.3) is 0 Å². The van der Waals surface area contributed by atoms with E-state index in [1.54, 1.807) is 10.7 Å². The number of halogens is 1. The molecule has 0 bridgehead atoms. The van der Waals surface area contributed by atoms with Crippen LogP contribution in [0.3, 0.4) is 0 Å². The quantitative estimate of drug-likeness (QED) is 0.351. The number of carbonyl (C=O) groups is 1. The molecule has 0 saturated heterocycles. The Kier molecular flexibility index (Phi) is 6.26. The Morgan fingerprint density at radius 3 is 2.37 bits per heavy atom. The van der Waals surface area contributed by atoms with Crippen LogP contribution in [-0.2, 0) is 10.2 Å². The van der Waals surface area contributed by atoms with Crippen LogP contribution in [0.2, 0.25) is 5.02 Å². The highest BCUT2D eigenvalue weighted by molar-refractivity contribution is 6.30. The Hall–Kier alpha value is -3.71. The molecule has 2 heterocycles. The van der Waals surface area contributed by atoms with Gasteiger partial charge in [0.15, 0.2) is 5.82 Å². The standard InChI is InChI=1S/C27H26ClN5O2/c1-18-15-19(2)33(32-18)24-16-25(30-17-29-24)35-23-11-9-22(10-12-23)31-26(34)27(13-3-4-14-27)20-5-7-21(28)8-6-20/h5-12,15-17H,3-4,13-14H2,1-2H3,(H,31,34). The normalized spacial score (nSPS) is 14.6. The molecule has 35 heavy (non-hydrogen) atoms. The van der Waals surface area contributed by atoms with Crippen LogP contribution in [0, 0.1) is 13.8 Å². The summed E-state index contributed by atoms with van der Waals surface area (Å²) < 4.78 is 7.68. The molecule has 0 radical (unpaired) electrons. The van der Waals surface area contributed by atoms with E-state index >= 15 is 0 Å². The number of carbonyl (C=O) groups excluding carboxylic acids is 1. The summed E-state index contributed by atoms with van der Waals surface area (Å²) in [6, 6.07) is 18.6. The van der Waals surface area contributed by atoms with E-state index in [2.05, 4.69) is 20.4 Å². The van der Waals surface area contributed by atoms with Gasteiger partial charge in [-0.25, -0.2) is 14.6 Å². The van der Waals surface area contributed by atoms with Crippen molar-refractivity contribution in [2.75, 3.05) is 5.32 Å². The summed E-state index contributed by atoms with van der Waals surface area (Å²) in [6.45, 7) is 3.91. The van der Waals surface area contributed by atoms with Crippen LogP contribution in [0.15, 0.2) is 67.0 Å². The molecule has 4 aromatic rings. The van der Waals surface area contributed by atoms with E-state index in [1.807, 2.05) is 68.4 Å². The van der Waals surface area contributed by atoms with Crippen molar-refractivity contribution in [3.05, 3.63) is 89.0 Å². The smallest absolute Gasteiger partial charge is 0.235 e. The van der Waals surface area contributed by atoms with Crippen LogP contribution in [0.4, 0.5) is 5.69 Å². The number of benzene rings is 2. The van der Waals surface area contributed by atoms with E-state index in [4.69, 9.17) is 16.3 Å². The first-order valence-electron chi connectivity index (χ1n) is 11.6. The van der Waals surface area contributed by atoms with E-state index in [1.165, 1.54) is 6.33 Å². The van der Waals surface area contributed by atoms with Gasteiger partial charge in [-0.2, -0.15) is 5.10 Å². The van der Waals surface area contributed by atoms with Crippen LogP contribution in [0.5, 0.6) is 11.6 Å². The fourth-order valence-corrected chi connectivity index (χ4v) is 4.86. The fourth-order valence-electron chi connectivity index (χ4n) is 4.73. The highest BCUT2D eigenvalue weighted by atomic mass is 35.5. The number of amides is 1. The Morgan fingerprint density at radius 1 is 1.00 bits per heavy atom. The third-order valence-corrected chi connectivity index (χ3v) is 6.73. The highest BCUT2D eigenvalue weighted by Gasteiger charge is 2.42. The topological polar surface area (TPSA) is 81.9 Å². The second kappa shape index (κ2) is 9.50. The molecule has 1 aliphatic carbocycles. The average molecular weight is 488 g/mol. The lowest BCUT2D eigenvalue weighted by Gasteiger charge is -2.28. The summed E-state index contributed by atoms with van der Waals surface area (Å²) in [6.07, 6.45) is 5.16. The minimum absolute atomic E-state index is 0.0105. The molecule has 2 aromatic heterocycles.